The van der Waals surface area contributed by atoms with E-state index in [1.165, 1.54) is 37.3 Å². The predicted octanol–water partition coefficient (Wildman–Crippen LogP) is 3.96. The number of anilines is 1. The maximum absolute atomic E-state index is 12.7. The Hall–Kier alpha value is -3.27. The Morgan fingerprint density at radius 3 is 2.73 bits per heavy atom. The fourth-order valence-electron chi connectivity index (χ4n) is 3.77. The van der Waals surface area contributed by atoms with E-state index in [9.17, 15) is 24.5 Å². The summed E-state index contributed by atoms with van der Waals surface area (Å²) < 4.78 is 5.31. The number of nitrogens with one attached hydrogen (secondary N) is 1. The van der Waals surface area contributed by atoms with Crippen molar-refractivity contribution in [2.75, 3.05) is 18.0 Å². The summed E-state index contributed by atoms with van der Waals surface area (Å²) in [6, 6.07) is 7.63. The second-order valence-electron chi connectivity index (χ2n) is 8.24. The molecule has 1 N–H and O–H groups in total. The van der Waals surface area contributed by atoms with Gasteiger partial charge in [0.1, 0.15) is 5.69 Å². The summed E-state index contributed by atoms with van der Waals surface area (Å²) in [5, 5.41) is 14.3. The number of thiophene rings is 1. The first-order valence-corrected chi connectivity index (χ1v) is 11.6. The fourth-order valence-corrected chi connectivity index (χ4v) is 4.74. The van der Waals surface area contributed by atoms with Gasteiger partial charge in [0.25, 0.3) is 5.69 Å². The molecule has 176 valence electrons. The number of carbonyl (C=O) groups is 3. The number of benzene rings is 1. The van der Waals surface area contributed by atoms with Gasteiger partial charge in [-0.05, 0) is 49.9 Å². The van der Waals surface area contributed by atoms with E-state index in [-0.39, 0.29) is 22.9 Å². The number of amides is 1. The first kappa shape index (κ1) is 24.4. The molecule has 33 heavy (non-hydrogen) atoms. The van der Waals surface area contributed by atoms with Crippen LogP contribution in [-0.2, 0) is 16.1 Å². The number of nitro groups is 1. The Morgan fingerprint density at radius 2 is 2.06 bits per heavy atom. The van der Waals surface area contributed by atoms with E-state index in [1.807, 2.05) is 4.90 Å². The minimum absolute atomic E-state index is 0.0210. The van der Waals surface area contributed by atoms with Gasteiger partial charge in [-0.1, -0.05) is 6.92 Å². The molecule has 1 aliphatic rings. The number of Topliss-reactive ketones (excluding diaryl/α,β-unsaturated/α-hetero) is 1. The van der Waals surface area contributed by atoms with Crippen LogP contribution in [-0.4, -0.2) is 41.8 Å². The molecule has 0 radical (unpaired) electrons. The number of ether oxygens (including phenoxy) is 1. The molecule has 0 aliphatic carbocycles. The molecule has 0 saturated carbocycles. The SMILES string of the molecule is CC(=O)NCc1ccc(C(=O)C(C)OC(=O)c2ccc(N3CCCC(C)C3)c([N+](=O)[O-])c2)s1. The molecule has 2 unspecified atom stereocenters. The van der Waals surface area contributed by atoms with Crippen molar-refractivity contribution in [1.29, 1.82) is 0 Å². The van der Waals surface area contributed by atoms with Crippen LogP contribution in [0.4, 0.5) is 11.4 Å². The van der Waals surface area contributed by atoms with Gasteiger partial charge in [-0.2, -0.15) is 0 Å². The molecule has 2 aromatic rings. The minimum Gasteiger partial charge on any atom is -0.451 e. The number of ketones is 1. The molecule has 1 aromatic heterocycles. The van der Waals surface area contributed by atoms with Crippen LogP contribution in [0, 0.1) is 16.0 Å². The van der Waals surface area contributed by atoms with Gasteiger partial charge in [0.05, 0.1) is 21.9 Å². The molecule has 0 bridgehead atoms. The monoisotopic (exact) mass is 473 g/mol. The van der Waals surface area contributed by atoms with Crippen molar-refractivity contribution < 1.29 is 24.0 Å². The van der Waals surface area contributed by atoms with E-state index in [0.717, 1.165) is 30.8 Å². The topological polar surface area (TPSA) is 119 Å². The highest BCUT2D eigenvalue weighted by atomic mass is 32.1. The first-order chi connectivity index (χ1) is 15.7. The van der Waals surface area contributed by atoms with Crippen molar-refractivity contribution in [1.82, 2.24) is 5.32 Å². The molecule has 0 spiro atoms. The quantitative estimate of drug-likeness (QED) is 0.267. The van der Waals surface area contributed by atoms with Gasteiger partial charge < -0.3 is 15.0 Å². The third-order valence-corrected chi connectivity index (χ3v) is 6.57. The van der Waals surface area contributed by atoms with Crippen molar-refractivity contribution >= 4 is 40.4 Å². The standard InChI is InChI=1S/C23H27N3O6S/c1-14-5-4-10-25(13-14)19-8-6-17(11-20(19)26(30)31)23(29)32-15(2)22(28)21-9-7-18(33-21)12-24-16(3)27/h6-9,11,14-15H,4-5,10,12-13H2,1-3H3,(H,24,27). The average Bonchev–Trinajstić information content (AvgIpc) is 3.25. The largest absolute Gasteiger partial charge is 0.451 e. The van der Waals surface area contributed by atoms with E-state index < -0.39 is 17.0 Å². The second-order valence-corrected chi connectivity index (χ2v) is 9.41. The summed E-state index contributed by atoms with van der Waals surface area (Å²) >= 11 is 1.21. The lowest BCUT2D eigenvalue weighted by Crippen LogP contribution is -2.34. The lowest BCUT2D eigenvalue weighted by molar-refractivity contribution is -0.384. The Kier molecular flexibility index (Phi) is 7.80. The van der Waals surface area contributed by atoms with E-state index in [0.29, 0.717) is 23.0 Å². The molecular formula is C23H27N3O6S. The van der Waals surface area contributed by atoms with E-state index >= 15 is 0 Å². The van der Waals surface area contributed by atoms with Crippen molar-refractivity contribution in [3.05, 3.63) is 55.8 Å². The molecule has 2 heterocycles. The summed E-state index contributed by atoms with van der Waals surface area (Å²) in [6.45, 7) is 6.74. The maximum Gasteiger partial charge on any atom is 0.339 e. The summed E-state index contributed by atoms with van der Waals surface area (Å²) in [4.78, 5) is 50.7. The number of nitro benzene ring substituents is 1. The van der Waals surface area contributed by atoms with Crippen LogP contribution in [0.2, 0.25) is 0 Å². The summed E-state index contributed by atoms with van der Waals surface area (Å²) in [7, 11) is 0. The van der Waals surface area contributed by atoms with Crippen LogP contribution in [0.5, 0.6) is 0 Å². The highest BCUT2D eigenvalue weighted by Crippen LogP contribution is 2.32. The van der Waals surface area contributed by atoms with Crippen LogP contribution in [0.3, 0.4) is 0 Å². The number of carbonyl (C=O) groups excluding carboxylic acids is 3. The van der Waals surface area contributed by atoms with Crippen molar-refractivity contribution in [3.8, 4) is 0 Å². The number of piperidine rings is 1. The van der Waals surface area contributed by atoms with Crippen LogP contribution in [0.1, 0.15) is 58.5 Å². The number of rotatable bonds is 8. The minimum atomic E-state index is -1.06. The number of hydrogen-bond acceptors (Lipinski definition) is 8. The highest BCUT2D eigenvalue weighted by molar-refractivity contribution is 7.14. The third kappa shape index (κ3) is 6.16. The Morgan fingerprint density at radius 1 is 1.30 bits per heavy atom. The Balaban J connectivity index is 1.70. The van der Waals surface area contributed by atoms with Crippen molar-refractivity contribution in [3.63, 3.8) is 0 Å². The molecule has 9 nitrogen and oxygen atoms in total. The van der Waals surface area contributed by atoms with Gasteiger partial charge in [-0.3, -0.25) is 19.7 Å². The second kappa shape index (κ2) is 10.6. The average molecular weight is 474 g/mol. The van der Waals surface area contributed by atoms with Gasteiger partial charge in [-0.15, -0.1) is 11.3 Å². The van der Waals surface area contributed by atoms with Crippen LogP contribution < -0.4 is 10.2 Å². The normalized spacial score (nSPS) is 16.7. The Labute approximate surface area is 195 Å². The molecule has 1 aromatic carbocycles. The van der Waals surface area contributed by atoms with Gasteiger partial charge in [0.15, 0.2) is 6.10 Å². The Bertz CT molecular complexity index is 1070. The number of nitrogens with zero attached hydrogens (tertiary/aromatic N) is 2. The van der Waals surface area contributed by atoms with Gasteiger partial charge in [-0.25, -0.2) is 4.79 Å². The molecular weight excluding hydrogens is 446 g/mol. The lowest BCUT2D eigenvalue weighted by Gasteiger charge is -2.32. The summed E-state index contributed by atoms with van der Waals surface area (Å²) in [5.74, 6) is -0.914. The van der Waals surface area contributed by atoms with Crippen LogP contribution in [0.15, 0.2) is 30.3 Å². The van der Waals surface area contributed by atoms with E-state index in [4.69, 9.17) is 4.74 Å². The van der Waals surface area contributed by atoms with E-state index in [2.05, 4.69) is 12.2 Å². The molecule has 10 heteroatoms. The zero-order valence-electron chi connectivity index (χ0n) is 18.8. The van der Waals surface area contributed by atoms with Crippen molar-refractivity contribution in [2.24, 2.45) is 5.92 Å². The summed E-state index contributed by atoms with van der Waals surface area (Å²) in [6.07, 6.45) is 0.975. The van der Waals surface area contributed by atoms with Crippen LogP contribution >= 0.6 is 11.3 Å². The number of esters is 1. The third-order valence-electron chi connectivity index (χ3n) is 5.47. The zero-order valence-corrected chi connectivity index (χ0v) is 19.6. The highest BCUT2D eigenvalue weighted by Gasteiger charge is 2.27. The number of hydrogen-bond donors (Lipinski definition) is 1. The van der Waals surface area contributed by atoms with Gasteiger partial charge >= 0.3 is 5.97 Å². The zero-order chi connectivity index (χ0) is 24.1. The molecule has 3 rings (SSSR count). The van der Waals surface area contributed by atoms with Gasteiger partial charge in [0.2, 0.25) is 11.7 Å². The maximum atomic E-state index is 12.7. The smallest absolute Gasteiger partial charge is 0.339 e. The van der Waals surface area contributed by atoms with Crippen molar-refractivity contribution in [2.45, 2.75) is 46.3 Å². The predicted molar refractivity (Wildman–Crippen MR) is 125 cm³/mol. The van der Waals surface area contributed by atoms with Gasteiger partial charge in [0, 0.05) is 31.0 Å². The lowest BCUT2D eigenvalue weighted by atomic mass is 9.99. The molecule has 1 fully saturated rings. The molecule has 2 atom stereocenters. The summed E-state index contributed by atoms with van der Waals surface area (Å²) in [5.41, 5.74) is 0.351. The molecule has 1 amide bonds. The molecule has 1 aliphatic heterocycles. The van der Waals surface area contributed by atoms with Crippen LogP contribution in [0.25, 0.3) is 0 Å². The first-order valence-electron chi connectivity index (χ1n) is 10.8. The fraction of sp³-hybridized carbons (Fsp3) is 0.435. The van der Waals surface area contributed by atoms with E-state index in [1.54, 1.807) is 18.2 Å². The molecule has 1 saturated heterocycles.